The van der Waals surface area contributed by atoms with Gasteiger partial charge in [-0.3, -0.25) is 0 Å². The summed E-state index contributed by atoms with van der Waals surface area (Å²) in [6, 6.07) is 0.547. The molecule has 0 aromatic rings. The van der Waals surface area contributed by atoms with E-state index in [1.165, 1.54) is 0 Å². The smallest absolute Gasteiger partial charge is 0.0672 e. The fourth-order valence-electron chi connectivity index (χ4n) is 0.794. The third-order valence-electron chi connectivity index (χ3n) is 1.38. The summed E-state index contributed by atoms with van der Waals surface area (Å²) in [6.45, 7) is 6.08. The first-order valence-corrected chi connectivity index (χ1v) is 3.14. The van der Waals surface area contributed by atoms with Crippen molar-refractivity contribution in [1.82, 2.24) is 5.32 Å². The van der Waals surface area contributed by atoms with E-state index in [1.807, 2.05) is 0 Å². The minimum absolute atomic E-state index is 0. The highest BCUT2D eigenvalue weighted by molar-refractivity contribution is 5.85. The maximum atomic E-state index is 5.33. The minimum atomic E-state index is 0. The normalized spacial score (nSPS) is 35.3. The van der Waals surface area contributed by atoms with Crippen molar-refractivity contribution >= 4 is 12.4 Å². The number of halogens is 1. The molecule has 1 heterocycles. The lowest BCUT2D eigenvalue weighted by atomic mass is 10.3. The van der Waals surface area contributed by atoms with E-state index in [4.69, 9.17) is 4.74 Å². The Hall–Kier alpha value is 0.210. The van der Waals surface area contributed by atoms with E-state index < -0.39 is 0 Å². The van der Waals surface area contributed by atoms with E-state index in [2.05, 4.69) is 19.2 Å². The molecule has 0 spiro atoms. The molecule has 0 aromatic heterocycles. The van der Waals surface area contributed by atoms with E-state index in [0.717, 1.165) is 13.2 Å². The van der Waals surface area contributed by atoms with Gasteiger partial charge >= 0.3 is 0 Å². The van der Waals surface area contributed by atoms with Gasteiger partial charge in [-0.05, 0) is 13.8 Å². The molecule has 2 atom stereocenters. The molecule has 1 fully saturated rings. The Kier molecular flexibility index (Phi) is 4.19. The van der Waals surface area contributed by atoms with Crippen molar-refractivity contribution in [2.24, 2.45) is 0 Å². The Morgan fingerprint density at radius 2 is 2.11 bits per heavy atom. The van der Waals surface area contributed by atoms with Crippen LogP contribution in [-0.2, 0) is 4.74 Å². The quantitative estimate of drug-likeness (QED) is 0.553. The van der Waals surface area contributed by atoms with Crippen molar-refractivity contribution < 1.29 is 4.74 Å². The lowest BCUT2D eigenvalue weighted by molar-refractivity contribution is 0.0196. The number of ether oxygens (including phenoxy) is 1. The first-order valence-electron chi connectivity index (χ1n) is 3.14. The van der Waals surface area contributed by atoms with E-state index in [1.54, 1.807) is 0 Å². The van der Waals surface area contributed by atoms with Crippen molar-refractivity contribution in [2.45, 2.75) is 26.0 Å². The summed E-state index contributed by atoms with van der Waals surface area (Å²) in [6.07, 6.45) is 0.409. The second-order valence-electron chi connectivity index (χ2n) is 2.45. The number of hydrogen-bond donors (Lipinski definition) is 1. The van der Waals surface area contributed by atoms with Crippen molar-refractivity contribution in [3.8, 4) is 0 Å². The fraction of sp³-hybridized carbons (Fsp3) is 1.00. The molecule has 2 nitrogen and oxygen atoms in total. The van der Waals surface area contributed by atoms with Gasteiger partial charge in [-0.25, -0.2) is 0 Å². The number of hydrogen-bond acceptors (Lipinski definition) is 2. The average Bonchev–Trinajstić information content (AvgIpc) is 1.77. The molecular weight excluding hydrogens is 138 g/mol. The van der Waals surface area contributed by atoms with Crippen LogP contribution in [0.25, 0.3) is 0 Å². The van der Waals surface area contributed by atoms with Gasteiger partial charge in [0, 0.05) is 12.6 Å². The molecule has 0 radical (unpaired) electrons. The third kappa shape index (κ3) is 3.04. The second-order valence-corrected chi connectivity index (χ2v) is 2.45. The van der Waals surface area contributed by atoms with Gasteiger partial charge in [0.1, 0.15) is 0 Å². The summed E-state index contributed by atoms with van der Waals surface area (Å²) in [4.78, 5) is 0. The zero-order chi connectivity index (χ0) is 5.98. The van der Waals surface area contributed by atoms with E-state index in [-0.39, 0.29) is 12.4 Å². The standard InChI is InChI=1S/C6H13NO.ClH/c1-5-4-8-6(2)3-7-5;/h5-7H,3-4H2,1-2H3;1H/t5-,6+;/m1./s1. The number of nitrogens with one attached hydrogen (secondary N) is 1. The summed E-state index contributed by atoms with van der Waals surface area (Å²) < 4.78 is 5.33. The maximum Gasteiger partial charge on any atom is 0.0672 e. The Morgan fingerprint density at radius 3 is 2.44 bits per heavy atom. The van der Waals surface area contributed by atoms with Crippen LogP contribution < -0.4 is 5.32 Å². The lowest BCUT2D eigenvalue weighted by Gasteiger charge is -2.25. The highest BCUT2D eigenvalue weighted by atomic mass is 35.5. The molecule has 56 valence electrons. The summed E-state index contributed by atoms with van der Waals surface area (Å²) in [5.41, 5.74) is 0. The molecule has 0 amide bonds. The predicted molar refractivity (Wildman–Crippen MR) is 40.1 cm³/mol. The molecule has 0 aromatic carbocycles. The second kappa shape index (κ2) is 4.09. The zero-order valence-corrected chi connectivity index (χ0v) is 6.70. The SMILES string of the molecule is C[C@@H]1CO[C@@H](C)CN1.Cl. The Labute approximate surface area is 62.4 Å². The molecule has 0 bridgehead atoms. The molecule has 0 unspecified atom stereocenters. The van der Waals surface area contributed by atoms with Gasteiger partial charge in [0.15, 0.2) is 0 Å². The van der Waals surface area contributed by atoms with Crippen LogP contribution in [0.1, 0.15) is 13.8 Å². The lowest BCUT2D eigenvalue weighted by Crippen LogP contribution is -2.43. The van der Waals surface area contributed by atoms with Gasteiger partial charge in [-0.15, -0.1) is 12.4 Å². The van der Waals surface area contributed by atoms with Crippen LogP contribution in [0.3, 0.4) is 0 Å². The van der Waals surface area contributed by atoms with Crippen LogP contribution in [0.2, 0.25) is 0 Å². The molecule has 1 aliphatic heterocycles. The van der Waals surface area contributed by atoms with E-state index in [0.29, 0.717) is 12.1 Å². The molecule has 9 heavy (non-hydrogen) atoms. The van der Waals surface area contributed by atoms with Gasteiger partial charge in [0.05, 0.1) is 12.7 Å². The van der Waals surface area contributed by atoms with Crippen LogP contribution in [0.5, 0.6) is 0 Å². The average molecular weight is 152 g/mol. The van der Waals surface area contributed by atoms with Crippen molar-refractivity contribution in [3.63, 3.8) is 0 Å². The third-order valence-corrected chi connectivity index (χ3v) is 1.38. The van der Waals surface area contributed by atoms with Crippen LogP contribution in [-0.4, -0.2) is 25.3 Å². The van der Waals surface area contributed by atoms with E-state index in [9.17, 15) is 0 Å². The molecule has 1 N–H and O–H groups in total. The predicted octanol–water partition coefficient (Wildman–Crippen LogP) is 0.805. The molecular formula is C6H14ClNO. The van der Waals surface area contributed by atoms with Gasteiger partial charge in [0.25, 0.3) is 0 Å². The fourth-order valence-corrected chi connectivity index (χ4v) is 0.794. The zero-order valence-electron chi connectivity index (χ0n) is 5.89. The van der Waals surface area contributed by atoms with Crippen molar-refractivity contribution in [2.75, 3.05) is 13.2 Å². The highest BCUT2D eigenvalue weighted by Gasteiger charge is 2.12. The summed E-state index contributed by atoms with van der Waals surface area (Å²) in [5.74, 6) is 0. The molecule has 1 aliphatic rings. The van der Waals surface area contributed by atoms with Crippen molar-refractivity contribution in [3.05, 3.63) is 0 Å². The van der Waals surface area contributed by atoms with E-state index >= 15 is 0 Å². The first-order chi connectivity index (χ1) is 3.79. The maximum absolute atomic E-state index is 5.33. The van der Waals surface area contributed by atoms with Crippen molar-refractivity contribution in [1.29, 1.82) is 0 Å². The molecule has 3 heteroatoms. The summed E-state index contributed by atoms with van der Waals surface area (Å²) >= 11 is 0. The highest BCUT2D eigenvalue weighted by Crippen LogP contribution is 1.97. The number of rotatable bonds is 0. The Balaban J connectivity index is 0.000000640. The molecule has 1 saturated heterocycles. The summed E-state index contributed by atoms with van der Waals surface area (Å²) in [5, 5.41) is 3.31. The molecule has 1 rings (SSSR count). The Morgan fingerprint density at radius 1 is 1.44 bits per heavy atom. The summed E-state index contributed by atoms with van der Waals surface area (Å²) in [7, 11) is 0. The monoisotopic (exact) mass is 151 g/mol. The van der Waals surface area contributed by atoms with Gasteiger partial charge in [-0.2, -0.15) is 0 Å². The van der Waals surface area contributed by atoms with Crippen LogP contribution >= 0.6 is 12.4 Å². The Bertz CT molecular complexity index is 61.5. The van der Waals surface area contributed by atoms with Gasteiger partial charge < -0.3 is 10.1 Å². The topological polar surface area (TPSA) is 21.3 Å². The first kappa shape index (κ1) is 9.21. The van der Waals surface area contributed by atoms with Crippen LogP contribution in [0, 0.1) is 0 Å². The van der Waals surface area contributed by atoms with Crippen LogP contribution in [0.15, 0.2) is 0 Å². The van der Waals surface area contributed by atoms with Gasteiger partial charge in [0.2, 0.25) is 0 Å². The largest absolute Gasteiger partial charge is 0.376 e. The number of morpholine rings is 1. The molecule has 0 aliphatic carbocycles. The van der Waals surface area contributed by atoms with Gasteiger partial charge in [-0.1, -0.05) is 0 Å². The molecule has 0 saturated carbocycles. The van der Waals surface area contributed by atoms with Crippen LogP contribution in [0.4, 0.5) is 0 Å². The minimum Gasteiger partial charge on any atom is -0.376 e.